The number of hydrogen-bond donors (Lipinski definition) is 2. The molecule has 1 unspecified atom stereocenters. The third-order valence-corrected chi connectivity index (χ3v) is 3.63. The number of hydrogen-bond acceptors (Lipinski definition) is 5. The number of para-hydroxylation sites is 1. The Bertz CT molecular complexity index is 410. The molecule has 0 bridgehead atoms. The molecule has 1 aromatic rings. The SMILES string of the molecule is CCSCC(C)Nc1cccc(C(=O)OC)c1N. The van der Waals surface area contributed by atoms with Crippen LogP contribution < -0.4 is 11.1 Å². The zero-order valence-corrected chi connectivity index (χ0v) is 11.8. The van der Waals surface area contributed by atoms with Crippen molar-refractivity contribution in [2.75, 3.05) is 29.7 Å². The zero-order chi connectivity index (χ0) is 13.5. The van der Waals surface area contributed by atoms with E-state index in [2.05, 4.69) is 19.2 Å². The summed E-state index contributed by atoms with van der Waals surface area (Å²) in [5, 5.41) is 3.31. The van der Waals surface area contributed by atoms with Gasteiger partial charge in [-0.25, -0.2) is 4.79 Å². The Kier molecular flexibility index (Phi) is 5.85. The van der Waals surface area contributed by atoms with Crippen molar-refractivity contribution in [3.05, 3.63) is 23.8 Å². The van der Waals surface area contributed by atoms with Gasteiger partial charge in [0.25, 0.3) is 0 Å². The number of methoxy groups -OCH3 is 1. The van der Waals surface area contributed by atoms with E-state index in [4.69, 9.17) is 10.5 Å². The number of carbonyl (C=O) groups is 1. The summed E-state index contributed by atoms with van der Waals surface area (Å²) in [6, 6.07) is 5.63. The van der Waals surface area contributed by atoms with E-state index in [0.717, 1.165) is 17.2 Å². The van der Waals surface area contributed by atoms with Crippen molar-refractivity contribution < 1.29 is 9.53 Å². The van der Waals surface area contributed by atoms with Crippen LogP contribution in [0.2, 0.25) is 0 Å². The number of esters is 1. The second-order valence-corrected chi connectivity index (χ2v) is 5.28. The van der Waals surface area contributed by atoms with Gasteiger partial charge in [0.15, 0.2) is 0 Å². The minimum Gasteiger partial charge on any atom is -0.465 e. The summed E-state index contributed by atoms with van der Waals surface area (Å²) < 4.78 is 4.69. The molecule has 0 fully saturated rings. The molecule has 1 atom stereocenters. The van der Waals surface area contributed by atoms with Crippen molar-refractivity contribution in [3.8, 4) is 0 Å². The van der Waals surface area contributed by atoms with Gasteiger partial charge in [0.1, 0.15) is 0 Å². The van der Waals surface area contributed by atoms with Crippen LogP contribution >= 0.6 is 11.8 Å². The number of ether oxygens (including phenoxy) is 1. The minimum atomic E-state index is -0.410. The number of carbonyl (C=O) groups excluding carboxylic acids is 1. The van der Waals surface area contributed by atoms with Gasteiger partial charge in [-0.3, -0.25) is 0 Å². The third-order valence-electron chi connectivity index (χ3n) is 2.49. The first kappa shape index (κ1) is 14.7. The molecule has 4 nitrogen and oxygen atoms in total. The van der Waals surface area contributed by atoms with Gasteiger partial charge in [0.05, 0.1) is 24.0 Å². The zero-order valence-electron chi connectivity index (χ0n) is 11.0. The second kappa shape index (κ2) is 7.16. The lowest BCUT2D eigenvalue weighted by atomic mass is 10.1. The first-order valence-electron chi connectivity index (χ1n) is 5.91. The van der Waals surface area contributed by atoms with Gasteiger partial charge >= 0.3 is 5.97 Å². The van der Waals surface area contributed by atoms with Crippen LogP contribution in [0.3, 0.4) is 0 Å². The lowest BCUT2D eigenvalue weighted by Crippen LogP contribution is -2.19. The highest BCUT2D eigenvalue weighted by Gasteiger charge is 2.13. The van der Waals surface area contributed by atoms with Crippen molar-refractivity contribution in [2.24, 2.45) is 0 Å². The second-order valence-electron chi connectivity index (χ2n) is 3.96. The topological polar surface area (TPSA) is 64.3 Å². The first-order chi connectivity index (χ1) is 8.60. The van der Waals surface area contributed by atoms with Gasteiger partial charge in [-0.2, -0.15) is 11.8 Å². The molecule has 18 heavy (non-hydrogen) atoms. The summed E-state index contributed by atoms with van der Waals surface area (Å²) in [5.41, 5.74) is 7.59. The first-order valence-corrected chi connectivity index (χ1v) is 7.06. The molecular weight excluding hydrogens is 248 g/mol. The number of benzene rings is 1. The van der Waals surface area contributed by atoms with Crippen molar-refractivity contribution in [2.45, 2.75) is 19.9 Å². The predicted octanol–water partition coefficient (Wildman–Crippen LogP) is 2.61. The maximum absolute atomic E-state index is 11.5. The van der Waals surface area contributed by atoms with Gasteiger partial charge in [0, 0.05) is 11.8 Å². The quantitative estimate of drug-likeness (QED) is 0.613. The van der Waals surface area contributed by atoms with Gasteiger partial charge in [0.2, 0.25) is 0 Å². The van der Waals surface area contributed by atoms with Crippen LogP contribution in [0.25, 0.3) is 0 Å². The molecule has 1 rings (SSSR count). The van der Waals surface area contributed by atoms with E-state index in [1.807, 2.05) is 17.8 Å². The van der Waals surface area contributed by atoms with Crippen molar-refractivity contribution in [3.63, 3.8) is 0 Å². The molecule has 0 heterocycles. The third kappa shape index (κ3) is 3.84. The fraction of sp³-hybridized carbons (Fsp3) is 0.462. The van der Waals surface area contributed by atoms with E-state index in [1.165, 1.54) is 7.11 Å². The molecule has 5 heteroatoms. The van der Waals surface area contributed by atoms with Crippen LogP contribution in [0.4, 0.5) is 11.4 Å². The average Bonchev–Trinajstić information content (AvgIpc) is 2.38. The summed E-state index contributed by atoms with van der Waals surface area (Å²) in [5.74, 6) is 1.67. The van der Waals surface area contributed by atoms with E-state index < -0.39 is 5.97 Å². The number of nitrogen functional groups attached to an aromatic ring is 1. The molecular formula is C13H20N2O2S. The van der Waals surface area contributed by atoms with Crippen molar-refractivity contribution in [1.82, 2.24) is 0 Å². The van der Waals surface area contributed by atoms with Crippen LogP contribution in [-0.4, -0.2) is 30.6 Å². The van der Waals surface area contributed by atoms with E-state index in [0.29, 0.717) is 17.3 Å². The molecule has 0 aliphatic rings. The maximum atomic E-state index is 11.5. The van der Waals surface area contributed by atoms with Crippen LogP contribution in [-0.2, 0) is 4.74 Å². The number of rotatable bonds is 6. The van der Waals surface area contributed by atoms with E-state index in [9.17, 15) is 4.79 Å². The van der Waals surface area contributed by atoms with Crippen LogP contribution in [0.15, 0.2) is 18.2 Å². The van der Waals surface area contributed by atoms with Crippen LogP contribution in [0.1, 0.15) is 24.2 Å². The fourth-order valence-corrected chi connectivity index (χ4v) is 2.25. The highest BCUT2D eigenvalue weighted by atomic mass is 32.2. The Labute approximate surface area is 112 Å². The molecule has 3 N–H and O–H groups in total. The molecule has 0 spiro atoms. The minimum absolute atomic E-state index is 0.296. The standard InChI is InChI=1S/C13H20N2O2S/c1-4-18-8-9(2)15-11-7-5-6-10(12(11)14)13(16)17-3/h5-7,9,15H,4,8,14H2,1-3H3. The highest BCUT2D eigenvalue weighted by Crippen LogP contribution is 2.24. The summed E-state index contributed by atoms with van der Waals surface area (Å²) in [4.78, 5) is 11.5. The fourth-order valence-electron chi connectivity index (χ4n) is 1.58. The summed E-state index contributed by atoms with van der Waals surface area (Å²) in [6.07, 6.45) is 0. The molecule has 100 valence electrons. The normalized spacial score (nSPS) is 11.9. The molecule has 0 saturated carbocycles. The Morgan fingerprint density at radius 3 is 2.89 bits per heavy atom. The molecule has 0 radical (unpaired) electrons. The monoisotopic (exact) mass is 268 g/mol. The van der Waals surface area contributed by atoms with Gasteiger partial charge in [-0.1, -0.05) is 13.0 Å². The Morgan fingerprint density at radius 2 is 2.28 bits per heavy atom. The van der Waals surface area contributed by atoms with Gasteiger partial charge in [-0.15, -0.1) is 0 Å². The molecule has 1 aromatic carbocycles. The van der Waals surface area contributed by atoms with Crippen molar-refractivity contribution in [1.29, 1.82) is 0 Å². The maximum Gasteiger partial charge on any atom is 0.340 e. The molecule has 0 amide bonds. The summed E-state index contributed by atoms with van der Waals surface area (Å²) in [7, 11) is 1.35. The predicted molar refractivity (Wildman–Crippen MR) is 78.3 cm³/mol. The highest BCUT2D eigenvalue weighted by molar-refractivity contribution is 7.99. The van der Waals surface area contributed by atoms with Crippen LogP contribution in [0.5, 0.6) is 0 Å². The van der Waals surface area contributed by atoms with E-state index in [-0.39, 0.29) is 0 Å². The van der Waals surface area contributed by atoms with Gasteiger partial charge in [-0.05, 0) is 24.8 Å². The lowest BCUT2D eigenvalue weighted by Gasteiger charge is -2.17. The number of nitrogens with two attached hydrogens (primary N) is 1. The van der Waals surface area contributed by atoms with Crippen LogP contribution in [0, 0.1) is 0 Å². The molecule has 0 aromatic heterocycles. The smallest absolute Gasteiger partial charge is 0.340 e. The molecule has 0 aliphatic carbocycles. The van der Waals surface area contributed by atoms with Crippen molar-refractivity contribution >= 4 is 29.1 Å². The molecule has 0 aliphatic heterocycles. The number of nitrogens with one attached hydrogen (secondary N) is 1. The Morgan fingerprint density at radius 1 is 1.56 bits per heavy atom. The van der Waals surface area contributed by atoms with E-state index in [1.54, 1.807) is 12.1 Å². The number of thioether (sulfide) groups is 1. The summed E-state index contributed by atoms with van der Waals surface area (Å²) >= 11 is 1.86. The lowest BCUT2D eigenvalue weighted by molar-refractivity contribution is 0.0602. The molecule has 0 saturated heterocycles. The largest absolute Gasteiger partial charge is 0.465 e. The number of anilines is 2. The van der Waals surface area contributed by atoms with Gasteiger partial charge < -0.3 is 15.8 Å². The summed E-state index contributed by atoms with van der Waals surface area (Å²) in [6.45, 7) is 4.22. The Balaban J connectivity index is 2.80. The van der Waals surface area contributed by atoms with E-state index >= 15 is 0 Å². The Hall–Kier alpha value is -1.36. The average molecular weight is 268 g/mol.